The van der Waals surface area contributed by atoms with Gasteiger partial charge in [-0.25, -0.2) is 0 Å². The van der Waals surface area contributed by atoms with E-state index in [1.54, 1.807) is 12.1 Å². The van der Waals surface area contributed by atoms with Crippen LogP contribution in [0.15, 0.2) is 54.6 Å². The number of carbonyl (C=O) groups excluding carboxylic acids is 2. The number of hydrogen-bond donors (Lipinski definition) is 3. The van der Waals surface area contributed by atoms with Crippen molar-refractivity contribution in [3.63, 3.8) is 0 Å². The maximum Gasteiger partial charge on any atom is 0.423 e. The second-order valence-electron chi connectivity index (χ2n) is 5.59. The minimum absolute atomic E-state index is 0.226. The van der Waals surface area contributed by atoms with Gasteiger partial charge in [-0.1, -0.05) is 36.4 Å². The summed E-state index contributed by atoms with van der Waals surface area (Å²) in [6.45, 7) is -1.22. The first-order valence-electron chi connectivity index (χ1n) is 7.75. The van der Waals surface area contributed by atoms with Crippen LogP contribution in [-0.4, -0.2) is 36.8 Å². The number of hydrogen-bond acceptors (Lipinski definition) is 4. The Kier molecular flexibility index (Phi) is 6.06. The van der Waals surface area contributed by atoms with E-state index < -0.39 is 35.7 Å². The van der Waals surface area contributed by atoms with Crippen LogP contribution in [0.3, 0.4) is 0 Å². The molecule has 0 aliphatic rings. The lowest BCUT2D eigenvalue weighted by Gasteiger charge is -2.31. The molecule has 9 heteroatoms. The highest BCUT2D eigenvalue weighted by Gasteiger charge is 2.55. The Morgan fingerprint density at radius 3 is 2.30 bits per heavy atom. The van der Waals surface area contributed by atoms with Crippen molar-refractivity contribution in [3.8, 4) is 5.75 Å². The normalized spacial score (nSPS) is 13.4. The molecule has 0 aliphatic carbocycles. The molecule has 0 fully saturated rings. The second kappa shape index (κ2) is 8.09. The van der Waals surface area contributed by atoms with E-state index in [1.807, 2.05) is 5.32 Å². The van der Waals surface area contributed by atoms with Crippen LogP contribution in [0.4, 0.5) is 18.9 Å². The van der Waals surface area contributed by atoms with Gasteiger partial charge in [0.15, 0.2) is 0 Å². The van der Waals surface area contributed by atoms with Crippen molar-refractivity contribution in [2.75, 3.05) is 19.0 Å². The summed E-state index contributed by atoms with van der Waals surface area (Å²) in [6, 6.07) is 12.4. The average Bonchev–Trinajstić information content (AvgIpc) is 2.65. The predicted octanol–water partition coefficient (Wildman–Crippen LogP) is 2.20. The zero-order valence-corrected chi connectivity index (χ0v) is 14.2. The molecule has 144 valence electrons. The van der Waals surface area contributed by atoms with Gasteiger partial charge in [0.1, 0.15) is 5.75 Å². The van der Waals surface area contributed by atoms with E-state index in [0.29, 0.717) is 5.75 Å². The summed E-state index contributed by atoms with van der Waals surface area (Å²) in [4.78, 5) is 23.8. The minimum atomic E-state index is -5.06. The minimum Gasteiger partial charge on any atom is -0.497 e. The number of aliphatic hydroxyl groups is 1. The number of rotatable bonds is 5. The molecule has 1 atom stereocenters. The molecule has 3 N–H and O–H groups in total. The Hall–Kier alpha value is -3.07. The summed E-state index contributed by atoms with van der Waals surface area (Å²) in [7, 11) is 1.41. The highest BCUT2D eigenvalue weighted by molar-refractivity contribution is 6.39. The van der Waals surface area contributed by atoms with Gasteiger partial charge in [-0.05, 0) is 17.7 Å². The molecule has 0 heterocycles. The van der Waals surface area contributed by atoms with Gasteiger partial charge in [0.05, 0.1) is 13.7 Å². The van der Waals surface area contributed by atoms with Gasteiger partial charge in [0.2, 0.25) is 5.60 Å². The zero-order valence-electron chi connectivity index (χ0n) is 14.2. The largest absolute Gasteiger partial charge is 0.497 e. The maximum absolute atomic E-state index is 13.4. The molecule has 0 saturated carbocycles. The summed E-state index contributed by atoms with van der Waals surface area (Å²) in [5.74, 6) is -2.08. The quantitative estimate of drug-likeness (QED) is 0.692. The van der Waals surface area contributed by atoms with Crippen molar-refractivity contribution in [1.82, 2.24) is 5.32 Å². The predicted molar refractivity (Wildman–Crippen MR) is 91.0 cm³/mol. The van der Waals surface area contributed by atoms with Crippen LogP contribution in [-0.2, 0) is 15.2 Å². The van der Waals surface area contributed by atoms with E-state index in [0.717, 1.165) is 12.1 Å². The molecule has 0 radical (unpaired) electrons. The summed E-state index contributed by atoms with van der Waals surface area (Å²) in [5.41, 5.74) is -3.56. The third-order valence-electron chi connectivity index (χ3n) is 3.76. The molecule has 2 aromatic carbocycles. The van der Waals surface area contributed by atoms with Gasteiger partial charge in [-0.2, -0.15) is 13.2 Å². The zero-order chi connectivity index (χ0) is 20.1. The number of nitrogens with one attached hydrogen (secondary N) is 2. The fourth-order valence-electron chi connectivity index (χ4n) is 2.26. The Morgan fingerprint density at radius 2 is 1.70 bits per heavy atom. The Bertz CT molecular complexity index is 812. The molecule has 27 heavy (non-hydrogen) atoms. The van der Waals surface area contributed by atoms with Crippen molar-refractivity contribution < 1.29 is 32.6 Å². The van der Waals surface area contributed by atoms with Crippen LogP contribution in [0.2, 0.25) is 0 Å². The fraction of sp³-hybridized carbons (Fsp3) is 0.222. The van der Waals surface area contributed by atoms with E-state index in [-0.39, 0.29) is 5.69 Å². The van der Waals surface area contributed by atoms with Crippen LogP contribution >= 0.6 is 0 Å². The number of anilines is 1. The molecule has 0 spiro atoms. The first-order chi connectivity index (χ1) is 12.7. The lowest BCUT2D eigenvalue weighted by molar-refractivity contribution is -0.264. The van der Waals surface area contributed by atoms with Crippen molar-refractivity contribution in [1.29, 1.82) is 0 Å². The molecule has 2 rings (SSSR count). The van der Waals surface area contributed by atoms with Crippen LogP contribution in [0, 0.1) is 0 Å². The number of benzene rings is 2. The topological polar surface area (TPSA) is 87.7 Å². The van der Waals surface area contributed by atoms with E-state index in [1.165, 1.54) is 37.4 Å². The molecule has 6 nitrogen and oxygen atoms in total. The SMILES string of the molecule is COc1cccc(NC(=O)C(=O)NCC(O)(c2ccccc2)C(F)(F)F)c1. The van der Waals surface area contributed by atoms with Crippen molar-refractivity contribution in [2.45, 2.75) is 11.8 Å². The summed E-state index contributed by atoms with van der Waals surface area (Å²) in [6.07, 6.45) is -5.06. The third kappa shape index (κ3) is 4.76. The number of alkyl halides is 3. The molecule has 2 aromatic rings. The average molecular weight is 382 g/mol. The van der Waals surface area contributed by atoms with Crippen LogP contribution in [0.1, 0.15) is 5.56 Å². The number of halogens is 3. The van der Waals surface area contributed by atoms with Gasteiger partial charge in [-0.3, -0.25) is 9.59 Å². The van der Waals surface area contributed by atoms with Crippen molar-refractivity contribution in [3.05, 3.63) is 60.2 Å². The van der Waals surface area contributed by atoms with E-state index in [9.17, 15) is 27.9 Å². The lowest BCUT2D eigenvalue weighted by Crippen LogP contribution is -2.52. The van der Waals surface area contributed by atoms with E-state index >= 15 is 0 Å². The molecular weight excluding hydrogens is 365 g/mol. The standard InChI is InChI=1S/C18H17F3N2O4/c1-27-14-9-5-8-13(10-14)23-16(25)15(24)22-11-17(26,18(19,20)21)12-6-3-2-4-7-12/h2-10,26H,11H2,1H3,(H,22,24)(H,23,25). The van der Waals surface area contributed by atoms with Gasteiger partial charge in [-0.15, -0.1) is 0 Å². The molecule has 0 bridgehead atoms. The van der Waals surface area contributed by atoms with E-state index in [2.05, 4.69) is 5.32 Å². The van der Waals surface area contributed by atoms with Gasteiger partial charge in [0, 0.05) is 11.8 Å². The van der Waals surface area contributed by atoms with Crippen LogP contribution in [0.5, 0.6) is 5.75 Å². The Balaban J connectivity index is 2.08. The second-order valence-corrected chi connectivity index (χ2v) is 5.59. The molecule has 0 aliphatic heterocycles. The van der Waals surface area contributed by atoms with E-state index in [4.69, 9.17) is 4.74 Å². The smallest absolute Gasteiger partial charge is 0.423 e. The maximum atomic E-state index is 13.4. The van der Waals surface area contributed by atoms with Crippen LogP contribution in [0.25, 0.3) is 0 Å². The highest BCUT2D eigenvalue weighted by Crippen LogP contribution is 2.38. The van der Waals surface area contributed by atoms with Crippen molar-refractivity contribution >= 4 is 17.5 Å². The number of ether oxygens (including phenoxy) is 1. The lowest BCUT2D eigenvalue weighted by atomic mass is 9.93. The Morgan fingerprint density at radius 1 is 1.04 bits per heavy atom. The first kappa shape index (κ1) is 20.2. The van der Waals surface area contributed by atoms with Crippen molar-refractivity contribution in [2.24, 2.45) is 0 Å². The van der Waals surface area contributed by atoms with Gasteiger partial charge < -0.3 is 20.5 Å². The summed E-state index contributed by atoms with van der Waals surface area (Å²) >= 11 is 0. The molecule has 1 unspecified atom stereocenters. The summed E-state index contributed by atoms with van der Waals surface area (Å²) in [5, 5.41) is 14.2. The third-order valence-corrected chi connectivity index (χ3v) is 3.76. The monoisotopic (exact) mass is 382 g/mol. The van der Waals surface area contributed by atoms with Crippen LogP contribution < -0.4 is 15.4 Å². The Labute approximate surface area is 153 Å². The number of methoxy groups -OCH3 is 1. The first-order valence-corrected chi connectivity index (χ1v) is 7.75. The highest BCUT2D eigenvalue weighted by atomic mass is 19.4. The number of amides is 2. The summed E-state index contributed by atoms with van der Waals surface area (Å²) < 4.78 is 45.0. The number of carbonyl (C=O) groups is 2. The van der Waals surface area contributed by atoms with Gasteiger partial charge >= 0.3 is 18.0 Å². The molecule has 2 amide bonds. The fourth-order valence-corrected chi connectivity index (χ4v) is 2.26. The molecular formula is C18H17F3N2O4. The molecule has 0 saturated heterocycles. The molecule has 0 aromatic heterocycles. The van der Waals surface area contributed by atoms with Gasteiger partial charge in [0.25, 0.3) is 0 Å².